The van der Waals surface area contributed by atoms with Gasteiger partial charge < -0.3 is 10.1 Å². The summed E-state index contributed by atoms with van der Waals surface area (Å²) in [5.41, 5.74) is 2.43. The summed E-state index contributed by atoms with van der Waals surface area (Å²) in [6.45, 7) is 4.66. The highest BCUT2D eigenvalue weighted by Gasteiger charge is 2.35. The number of piperidine rings is 1. The molecule has 1 aromatic carbocycles. The summed E-state index contributed by atoms with van der Waals surface area (Å²) in [5.74, 6) is 0.969. The van der Waals surface area contributed by atoms with Gasteiger partial charge in [0.2, 0.25) is 0 Å². The lowest BCUT2D eigenvalue weighted by molar-refractivity contribution is 0.193. The van der Waals surface area contributed by atoms with Crippen molar-refractivity contribution in [3.63, 3.8) is 0 Å². The maximum absolute atomic E-state index is 5.32. The first-order valence-corrected chi connectivity index (χ1v) is 7.43. The van der Waals surface area contributed by atoms with Crippen molar-refractivity contribution in [2.45, 2.75) is 44.7 Å². The number of fused-ring (bicyclic) bond motifs is 1. The van der Waals surface area contributed by atoms with Gasteiger partial charge in [0.15, 0.2) is 0 Å². The lowest BCUT2D eigenvalue weighted by atomic mass is 9.99. The summed E-state index contributed by atoms with van der Waals surface area (Å²) >= 11 is 0. The van der Waals surface area contributed by atoms with E-state index in [0.717, 1.165) is 11.8 Å². The second-order valence-electron chi connectivity index (χ2n) is 5.82. The van der Waals surface area contributed by atoms with E-state index in [-0.39, 0.29) is 0 Å². The normalized spacial score (nSPS) is 27.1. The highest BCUT2D eigenvalue weighted by Crippen LogP contribution is 2.30. The van der Waals surface area contributed by atoms with Crippen molar-refractivity contribution in [3.8, 4) is 5.75 Å². The fourth-order valence-corrected chi connectivity index (χ4v) is 3.60. The van der Waals surface area contributed by atoms with Crippen molar-refractivity contribution in [1.82, 2.24) is 4.90 Å². The molecule has 0 amide bonds. The minimum atomic E-state index is 0.619. The van der Waals surface area contributed by atoms with E-state index < -0.39 is 0 Å². The zero-order valence-corrected chi connectivity index (χ0v) is 12.0. The van der Waals surface area contributed by atoms with E-state index in [4.69, 9.17) is 4.74 Å². The van der Waals surface area contributed by atoms with E-state index >= 15 is 0 Å². The number of aryl methyl sites for hydroxylation is 1. The van der Waals surface area contributed by atoms with Crippen LogP contribution in [0.4, 0.5) is 5.69 Å². The highest BCUT2D eigenvalue weighted by atomic mass is 16.5. The number of nitrogens with one attached hydrogen (secondary N) is 1. The monoisotopic (exact) mass is 260 g/mol. The molecule has 0 spiro atoms. The van der Waals surface area contributed by atoms with Gasteiger partial charge in [0.05, 0.1) is 7.11 Å². The molecule has 3 nitrogen and oxygen atoms in total. The summed E-state index contributed by atoms with van der Waals surface area (Å²) in [5, 5.41) is 3.73. The lowest BCUT2D eigenvalue weighted by Gasteiger charge is -2.33. The lowest BCUT2D eigenvalue weighted by Crippen LogP contribution is -2.41. The van der Waals surface area contributed by atoms with Gasteiger partial charge in [-0.15, -0.1) is 0 Å². The van der Waals surface area contributed by atoms with Crippen LogP contribution in [0.2, 0.25) is 0 Å². The van der Waals surface area contributed by atoms with Crippen molar-refractivity contribution in [1.29, 1.82) is 0 Å². The van der Waals surface area contributed by atoms with Gasteiger partial charge in [-0.2, -0.15) is 0 Å². The maximum Gasteiger partial charge on any atom is 0.121 e. The first kappa shape index (κ1) is 12.8. The van der Waals surface area contributed by atoms with Gasteiger partial charge >= 0.3 is 0 Å². The Labute approximate surface area is 115 Å². The Morgan fingerprint density at radius 3 is 2.89 bits per heavy atom. The first-order chi connectivity index (χ1) is 9.28. The quantitative estimate of drug-likeness (QED) is 0.904. The molecule has 2 aliphatic heterocycles. The van der Waals surface area contributed by atoms with Gasteiger partial charge in [-0.25, -0.2) is 0 Å². The van der Waals surface area contributed by atoms with Crippen LogP contribution in [0.15, 0.2) is 18.2 Å². The van der Waals surface area contributed by atoms with Gasteiger partial charge in [-0.3, -0.25) is 4.90 Å². The fraction of sp³-hybridized carbons (Fsp3) is 0.625. The first-order valence-electron chi connectivity index (χ1n) is 7.43. The third kappa shape index (κ3) is 2.57. The van der Waals surface area contributed by atoms with Crippen molar-refractivity contribution in [3.05, 3.63) is 23.8 Å². The Hall–Kier alpha value is -1.22. The van der Waals surface area contributed by atoms with Crippen molar-refractivity contribution in [2.24, 2.45) is 0 Å². The van der Waals surface area contributed by atoms with Gasteiger partial charge in [-0.1, -0.05) is 6.42 Å². The van der Waals surface area contributed by atoms with Crippen molar-refractivity contribution < 1.29 is 4.74 Å². The third-order valence-corrected chi connectivity index (χ3v) is 4.60. The predicted octanol–water partition coefficient (Wildman–Crippen LogP) is 3.04. The molecule has 2 unspecified atom stereocenters. The van der Waals surface area contributed by atoms with Gasteiger partial charge in [0, 0.05) is 24.3 Å². The molecule has 2 fully saturated rings. The largest absolute Gasteiger partial charge is 0.496 e. The molecule has 104 valence electrons. The molecular formula is C16H24N2O. The van der Waals surface area contributed by atoms with Crippen LogP contribution >= 0.6 is 0 Å². The van der Waals surface area contributed by atoms with E-state index in [1.165, 1.54) is 50.0 Å². The summed E-state index contributed by atoms with van der Waals surface area (Å²) in [6.07, 6.45) is 5.40. The smallest absolute Gasteiger partial charge is 0.121 e. The number of rotatable bonds is 3. The number of hydrogen-bond donors (Lipinski definition) is 1. The molecule has 1 N–H and O–H groups in total. The molecule has 0 radical (unpaired) electrons. The summed E-state index contributed by atoms with van der Waals surface area (Å²) in [7, 11) is 1.73. The Kier molecular flexibility index (Phi) is 3.65. The predicted molar refractivity (Wildman–Crippen MR) is 79.0 cm³/mol. The molecule has 0 aromatic heterocycles. The molecule has 2 heterocycles. The average molecular weight is 260 g/mol. The Morgan fingerprint density at radius 2 is 2.11 bits per heavy atom. The molecule has 2 aliphatic rings. The summed E-state index contributed by atoms with van der Waals surface area (Å²) < 4.78 is 5.32. The standard InChI is InChI=1S/C16H24N2O/c1-12-11-13(6-7-16(12)19-2)17-14-8-10-18-9-4-3-5-15(14)18/h6-7,11,14-15,17H,3-5,8-10H2,1-2H3. The Morgan fingerprint density at radius 1 is 1.21 bits per heavy atom. The van der Waals surface area contributed by atoms with Crippen LogP contribution in [0.25, 0.3) is 0 Å². The molecule has 0 aliphatic carbocycles. The van der Waals surface area contributed by atoms with Crippen LogP contribution < -0.4 is 10.1 Å². The number of hydrogen-bond acceptors (Lipinski definition) is 3. The topological polar surface area (TPSA) is 24.5 Å². The Balaban J connectivity index is 1.69. The summed E-state index contributed by atoms with van der Waals surface area (Å²) in [6, 6.07) is 7.76. The molecule has 1 aromatic rings. The number of nitrogens with zero attached hydrogens (tertiary/aromatic N) is 1. The zero-order valence-electron chi connectivity index (χ0n) is 12.0. The van der Waals surface area contributed by atoms with Crippen LogP contribution in [0.1, 0.15) is 31.2 Å². The second kappa shape index (κ2) is 5.41. The second-order valence-corrected chi connectivity index (χ2v) is 5.82. The number of methoxy groups -OCH3 is 1. The van der Waals surface area contributed by atoms with E-state index in [9.17, 15) is 0 Å². The third-order valence-electron chi connectivity index (χ3n) is 4.60. The fourth-order valence-electron chi connectivity index (χ4n) is 3.60. The van der Waals surface area contributed by atoms with Crippen molar-refractivity contribution >= 4 is 5.69 Å². The Bertz CT molecular complexity index is 446. The van der Waals surface area contributed by atoms with E-state index in [2.05, 4.69) is 35.3 Å². The van der Waals surface area contributed by atoms with Crippen LogP contribution in [-0.2, 0) is 0 Å². The molecular weight excluding hydrogens is 236 g/mol. The SMILES string of the molecule is COc1ccc(NC2CCN3CCCCC23)cc1C. The molecule has 2 atom stereocenters. The average Bonchev–Trinajstić information content (AvgIpc) is 2.83. The van der Waals surface area contributed by atoms with Gasteiger partial charge in [-0.05, 0) is 56.5 Å². The van der Waals surface area contributed by atoms with Crippen molar-refractivity contribution in [2.75, 3.05) is 25.5 Å². The van der Waals surface area contributed by atoms with Gasteiger partial charge in [0.25, 0.3) is 0 Å². The van der Waals surface area contributed by atoms with Crippen LogP contribution in [0, 0.1) is 6.92 Å². The van der Waals surface area contributed by atoms with Crippen LogP contribution in [0.5, 0.6) is 5.75 Å². The van der Waals surface area contributed by atoms with Gasteiger partial charge in [0.1, 0.15) is 5.75 Å². The molecule has 19 heavy (non-hydrogen) atoms. The molecule has 2 saturated heterocycles. The van der Waals surface area contributed by atoms with E-state index in [1.54, 1.807) is 7.11 Å². The summed E-state index contributed by atoms with van der Waals surface area (Å²) in [4.78, 5) is 2.66. The van der Waals surface area contributed by atoms with E-state index in [1.807, 2.05) is 0 Å². The number of benzene rings is 1. The number of ether oxygens (including phenoxy) is 1. The van der Waals surface area contributed by atoms with Crippen LogP contribution in [0.3, 0.4) is 0 Å². The van der Waals surface area contributed by atoms with Crippen LogP contribution in [-0.4, -0.2) is 37.2 Å². The highest BCUT2D eigenvalue weighted by molar-refractivity contribution is 5.51. The molecule has 3 rings (SSSR count). The zero-order chi connectivity index (χ0) is 13.2. The minimum Gasteiger partial charge on any atom is -0.496 e. The molecule has 0 bridgehead atoms. The van der Waals surface area contributed by atoms with E-state index in [0.29, 0.717) is 6.04 Å². The maximum atomic E-state index is 5.32. The molecule has 3 heteroatoms. The minimum absolute atomic E-state index is 0.619. The number of anilines is 1. The molecule has 0 saturated carbocycles.